The molecule has 0 aliphatic carbocycles. The summed E-state index contributed by atoms with van der Waals surface area (Å²) in [6, 6.07) is 9.40. The summed E-state index contributed by atoms with van der Waals surface area (Å²) >= 11 is 0. The van der Waals surface area contributed by atoms with Crippen molar-refractivity contribution in [2.24, 2.45) is 0 Å². The first kappa shape index (κ1) is 14.5. The molecule has 0 heterocycles. The molecule has 0 bridgehead atoms. The molecule has 0 aliphatic rings. The van der Waals surface area contributed by atoms with Crippen LogP contribution in [0.15, 0.2) is 42.5 Å². The molecule has 2 N–H and O–H groups in total. The van der Waals surface area contributed by atoms with Crippen molar-refractivity contribution in [1.29, 1.82) is 0 Å². The number of carbonyl (C=O) groups excluding carboxylic acids is 2. The number of benzene rings is 2. The smallest absolute Gasteiger partial charge is 0.341 e. The van der Waals surface area contributed by atoms with Gasteiger partial charge in [-0.25, -0.2) is 9.18 Å². The molecular formula is C15H12FNO4. The summed E-state index contributed by atoms with van der Waals surface area (Å²) in [6.45, 7) is 0. The van der Waals surface area contributed by atoms with Crippen molar-refractivity contribution < 1.29 is 23.8 Å². The minimum absolute atomic E-state index is 0.0937. The molecule has 0 fully saturated rings. The summed E-state index contributed by atoms with van der Waals surface area (Å²) in [6.07, 6.45) is 0. The van der Waals surface area contributed by atoms with Crippen molar-refractivity contribution in [1.82, 2.24) is 0 Å². The summed E-state index contributed by atoms with van der Waals surface area (Å²) in [5.41, 5.74) is 0.0236. The van der Waals surface area contributed by atoms with Gasteiger partial charge in [0.05, 0.1) is 12.7 Å². The monoisotopic (exact) mass is 289 g/mol. The van der Waals surface area contributed by atoms with Crippen molar-refractivity contribution >= 4 is 17.6 Å². The lowest BCUT2D eigenvalue weighted by molar-refractivity contribution is 0.0597. The molecule has 0 saturated heterocycles. The topological polar surface area (TPSA) is 75.6 Å². The zero-order valence-corrected chi connectivity index (χ0v) is 11.1. The van der Waals surface area contributed by atoms with Crippen molar-refractivity contribution in [3.05, 3.63) is 59.4 Å². The van der Waals surface area contributed by atoms with E-state index in [-0.39, 0.29) is 22.6 Å². The average Bonchev–Trinajstić information content (AvgIpc) is 2.48. The third-order valence-corrected chi connectivity index (χ3v) is 2.78. The van der Waals surface area contributed by atoms with Crippen LogP contribution in [0.1, 0.15) is 20.7 Å². The van der Waals surface area contributed by atoms with Gasteiger partial charge < -0.3 is 15.2 Å². The largest absolute Gasteiger partial charge is 0.507 e. The van der Waals surface area contributed by atoms with Gasteiger partial charge in [0.2, 0.25) is 0 Å². The van der Waals surface area contributed by atoms with Crippen LogP contribution in [-0.2, 0) is 4.74 Å². The lowest BCUT2D eigenvalue weighted by Crippen LogP contribution is -2.14. The van der Waals surface area contributed by atoms with Crippen molar-refractivity contribution in [2.45, 2.75) is 0 Å². The standard InChI is InChI=1S/C15H12FNO4/c1-21-15(20)11-8-9(6-7-13(11)18)17-14(19)10-4-2-3-5-12(10)16/h2-8,18H,1H3,(H,17,19). The third kappa shape index (κ3) is 3.17. The molecule has 0 aliphatic heterocycles. The normalized spacial score (nSPS) is 10.0. The average molecular weight is 289 g/mol. The maximum atomic E-state index is 13.5. The molecule has 0 atom stereocenters. The number of rotatable bonds is 3. The lowest BCUT2D eigenvalue weighted by Gasteiger charge is -2.08. The molecular weight excluding hydrogens is 277 g/mol. The second-order valence-corrected chi connectivity index (χ2v) is 4.16. The highest BCUT2D eigenvalue weighted by atomic mass is 19.1. The van der Waals surface area contributed by atoms with Crippen LogP contribution in [0.4, 0.5) is 10.1 Å². The second kappa shape index (κ2) is 6.04. The molecule has 0 saturated carbocycles. The van der Waals surface area contributed by atoms with E-state index in [1.165, 1.54) is 49.6 Å². The Kier molecular flexibility index (Phi) is 4.18. The Morgan fingerprint density at radius 3 is 2.52 bits per heavy atom. The number of aromatic hydroxyl groups is 1. The Labute approximate surface area is 120 Å². The SMILES string of the molecule is COC(=O)c1cc(NC(=O)c2ccccc2F)ccc1O. The molecule has 1 amide bonds. The van der Waals surface area contributed by atoms with Crippen LogP contribution in [0, 0.1) is 5.82 Å². The summed E-state index contributed by atoms with van der Waals surface area (Å²) in [5, 5.41) is 12.0. The first-order valence-corrected chi connectivity index (χ1v) is 6.00. The molecule has 2 aromatic rings. The van der Waals surface area contributed by atoms with Crippen LogP contribution < -0.4 is 5.32 Å². The van der Waals surface area contributed by atoms with Gasteiger partial charge in [-0.2, -0.15) is 0 Å². The number of hydrogen-bond acceptors (Lipinski definition) is 4. The van der Waals surface area contributed by atoms with Crippen LogP contribution in [0.3, 0.4) is 0 Å². The Morgan fingerprint density at radius 1 is 1.14 bits per heavy atom. The number of phenolic OH excluding ortho intramolecular Hbond substituents is 1. The molecule has 2 rings (SSSR count). The minimum atomic E-state index is -0.741. The molecule has 5 nitrogen and oxygen atoms in total. The number of amides is 1. The molecule has 0 aromatic heterocycles. The van der Waals surface area contributed by atoms with Gasteiger partial charge >= 0.3 is 5.97 Å². The second-order valence-electron chi connectivity index (χ2n) is 4.16. The molecule has 2 aromatic carbocycles. The van der Waals surface area contributed by atoms with Crippen LogP contribution in [0.5, 0.6) is 5.75 Å². The predicted molar refractivity (Wildman–Crippen MR) is 73.8 cm³/mol. The van der Waals surface area contributed by atoms with Gasteiger partial charge in [-0.05, 0) is 30.3 Å². The molecule has 0 radical (unpaired) electrons. The quantitative estimate of drug-likeness (QED) is 0.672. The van der Waals surface area contributed by atoms with Gasteiger partial charge in [0.25, 0.3) is 5.91 Å². The van der Waals surface area contributed by atoms with E-state index in [1.54, 1.807) is 0 Å². The van der Waals surface area contributed by atoms with E-state index in [0.717, 1.165) is 0 Å². The zero-order chi connectivity index (χ0) is 15.4. The van der Waals surface area contributed by atoms with E-state index in [0.29, 0.717) is 0 Å². The summed E-state index contributed by atoms with van der Waals surface area (Å²) in [7, 11) is 1.17. The lowest BCUT2D eigenvalue weighted by atomic mass is 10.1. The number of anilines is 1. The highest BCUT2D eigenvalue weighted by Crippen LogP contribution is 2.22. The zero-order valence-electron chi connectivity index (χ0n) is 11.1. The van der Waals surface area contributed by atoms with Crippen molar-refractivity contribution in [3.63, 3.8) is 0 Å². The van der Waals surface area contributed by atoms with Crippen molar-refractivity contribution in [3.8, 4) is 5.75 Å². The van der Waals surface area contributed by atoms with Gasteiger partial charge in [0.15, 0.2) is 0 Å². The molecule has 0 unspecified atom stereocenters. The van der Waals surface area contributed by atoms with E-state index in [4.69, 9.17) is 0 Å². The van der Waals surface area contributed by atoms with Gasteiger partial charge in [-0.3, -0.25) is 4.79 Å². The number of halogens is 1. The Bertz CT molecular complexity index is 700. The van der Waals surface area contributed by atoms with Gasteiger partial charge in [-0.1, -0.05) is 12.1 Å². The number of carbonyl (C=O) groups is 2. The maximum Gasteiger partial charge on any atom is 0.341 e. The predicted octanol–water partition coefficient (Wildman–Crippen LogP) is 2.57. The van der Waals surface area contributed by atoms with Gasteiger partial charge in [-0.15, -0.1) is 0 Å². The van der Waals surface area contributed by atoms with E-state index in [2.05, 4.69) is 10.1 Å². The summed E-state index contributed by atoms with van der Waals surface area (Å²) in [4.78, 5) is 23.4. The van der Waals surface area contributed by atoms with Crippen molar-refractivity contribution in [2.75, 3.05) is 12.4 Å². The summed E-state index contributed by atoms with van der Waals surface area (Å²) in [5.74, 6) is -2.32. The number of hydrogen-bond donors (Lipinski definition) is 2. The van der Waals surface area contributed by atoms with Gasteiger partial charge in [0.1, 0.15) is 17.1 Å². The molecule has 6 heteroatoms. The number of nitrogens with one attached hydrogen (secondary N) is 1. The molecule has 0 spiro atoms. The van der Waals surface area contributed by atoms with E-state index < -0.39 is 17.7 Å². The van der Waals surface area contributed by atoms with Crippen LogP contribution in [0.2, 0.25) is 0 Å². The number of esters is 1. The maximum absolute atomic E-state index is 13.5. The van der Waals surface area contributed by atoms with Gasteiger partial charge in [0, 0.05) is 5.69 Å². The fraction of sp³-hybridized carbons (Fsp3) is 0.0667. The number of ether oxygens (including phenoxy) is 1. The fourth-order valence-corrected chi connectivity index (χ4v) is 1.73. The van der Waals surface area contributed by atoms with Crippen LogP contribution in [-0.4, -0.2) is 24.1 Å². The first-order chi connectivity index (χ1) is 10.0. The molecule has 108 valence electrons. The Morgan fingerprint density at radius 2 is 1.86 bits per heavy atom. The number of methoxy groups -OCH3 is 1. The Hall–Kier alpha value is -2.89. The van der Waals surface area contributed by atoms with Crippen LogP contribution in [0.25, 0.3) is 0 Å². The van der Waals surface area contributed by atoms with Crippen LogP contribution >= 0.6 is 0 Å². The van der Waals surface area contributed by atoms with E-state index in [9.17, 15) is 19.1 Å². The summed E-state index contributed by atoms with van der Waals surface area (Å²) < 4.78 is 18.0. The highest BCUT2D eigenvalue weighted by Gasteiger charge is 2.15. The fourth-order valence-electron chi connectivity index (χ4n) is 1.73. The Balaban J connectivity index is 2.26. The first-order valence-electron chi connectivity index (χ1n) is 6.00. The molecule has 21 heavy (non-hydrogen) atoms. The number of phenols is 1. The minimum Gasteiger partial charge on any atom is -0.507 e. The third-order valence-electron chi connectivity index (χ3n) is 2.78. The van der Waals surface area contributed by atoms with E-state index >= 15 is 0 Å². The highest BCUT2D eigenvalue weighted by molar-refractivity contribution is 6.05. The van der Waals surface area contributed by atoms with E-state index in [1.807, 2.05) is 0 Å².